The molecule has 3 rings (SSSR count). The second kappa shape index (κ2) is 13.0. The summed E-state index contributed by atoms with van der Waals surface area (Å²) in [4.78, 5) is 48.4. The van der Waals surface area contributed by atoms with Gasteiger partial charge in [0.1, 0.15) is 6.04 Å². The summed E-state index contributed by atoms with van der Waals surface area (Å²) < 4.78 is -0.655. The van der Waals surface area contributed by atoms with E-state index in [-0.39, 0.29) is 41.5 Å². The van der Waals surface area contributed by atoms with E-state index >= 15 is 0 Å². The molecule has 1 N–H and O–H groups in total. The zero-order chi connectivity index (χ0) is 28.2. The summed E-state index contributed by atoms with van der Waals surface area (Å²) in [6, 6.07) is -1.16. The fraction of sp³-hybridized carbons (Fsp3) is 0.767. The van der Waals surface area contributed by atoms with Crippen LogP contribution in [-0.4, -0.2) is 91.9 Å². The number of carbonyl (C=O) groups excluding carboxylic acids is 3. The Balaban J connectivity index is 2.12. The predicted molar refractivity (Wildman–Crippen MR) is 155 cm³/mol. The zero-order valence-corrected chi connectivity index (χ0v) is 24.9. The highest BCUT2D eigenvalue weighted by Crippen LogP contribution is 2.67. The molecule has 2 bridgehead atoms. The minimum absolute atomic E-state index is 0.00254. The van der Waals surface area contributed by atoms with Crippen LogP contribution in [0.3, 0.4) is 0 Å². The number of fused-ring (bicyclic) bond motifs is 1. The second-order valence-electron chi connectivity index (χ2n) is 11.4. The minimum atomic E-state index is -0.697. The van der Waals surface area contributed by atoms with Gasteiger partial charge in [-0.2, -0.15) is 0 Å². The lowest BCUT2D eigenvalue weighted by molar-refractivity contribution is -0.148. The zero-order valence-electron chi connectivity index (χ0n) is 24.1. The van der Waals surface area contributed by atoms with Gasteiger partial charge < -0.3 is 19.8 Å². The molecule has 3 aliphatic heterocycles. The van der Waals surface area contributed by atoms with Gasteiger partial charge in [-0.05, 0) is 38.5 Å². The molecule has 3 amide bonds. The summed E-state index contributed by atoms with van der Waals surface area (Å²) in [5, 5.41) is 10.6. The Bertz CT molecular complexity index is 897. The van der Waals surface area contributed by atoms with E-state index in [1.807, 2.05) is 30.6 Å². The first kappa shape index (κ1) is 30.7. The highest BCUT2D eigenvalue weighted by molar-refractivity contribution is 8.02. The van der Waals surface area contributed by atoms with Gasteiger partial charge in [0, 0.05) is 30.9 Å². The van der Waals surface area contributed by atoms with Crippen LogP contribution in [0.1, 0.15) is 73.1 Å². The maximum Gasteiger partial charge on any atom is 0.247 e. The molecule has 3 aliphatic rings. The second-order valence-corrected chi connectivity index (χ2v) is 13.0. The number of hydrogen-bond acceptors (Lipinski definition) is 5. The van der Waals surface area contributed by atoms with Crippen molar-refractivity contribution in [3.05, 3.63) is 25.3 Å². The summed E-state index contributed by atoms with van der Waals surface area (Å²) in [6.07, 6.45) is 8.44. The van der Waals surface area contributed by atoms with Crippen LogP contribution in [0.2, 0.25) is 0 Å². The smallest absolute Gasteiger partial charge is 0.247 e. The fourth-order valence-corrected chi connectivity index (χ4v) is 9.30. The Hall–Kier alpha value is -1.80. The number of carbonyl (C=O) groups is 3. The first-order chi connectivity index (χ1) is 18.2. The molecule has 0 aromatic heterocycles. The van der Waals surface area contributed by atoms with Gasteiger partial charge in [-0.25, -0.2) is 0 Å². The van der Waals surface area contributed by atoms with E-state index in [0.717, 1.165) is 38.5 Å². The van der Waals surface area contributed by atoms with E-state index in [0.29, 0.717) is 19.6 Å². The van der Waals surface area contributed by atoms with Gasteiger partial charge in [0.25, 0.3) is 0 Å². The van der Waals surface area contributed by atoms with Gasteiger partial charge in [-0.15, -0.1) is 24.9 Å². The van der Waals surface area contributed by atoms with Crippen LogP contribution in [-0.2, 0) is 14.4 Å². The van der Waals surface area contributed by atoms with Crippen molar-refractivity contribution in [3.8, 4) is 0 Å². The van der Waals surface area contributed by atoms with Gasteiger partial charge in [0.05, 0.1) is 29.2 Å². The Morgan fingerprint density at radius 3 is 2.39 bits per heavy atom. The third kappa shape index (κ3) is 5.19. The van der Waals surface area contributed by atoms with Crippen molar-refractivity contribution in [2.75, 3.05) is 26.2 Å². The van der Waals surface area contributed by atoms with Gasteiger partial charge in [0.2, 0.25) is 17.7 Å². The molecule has 3 fully saturated rings. The van der Waals surface area contributed by atoms with E-state index in [1.165, 1.54) is 0 Å². The van der Waals surface area contributed by atoms with Crippen LogP contribution in [0.25, 0.3) is 0 Å². The van der Waals surface area contributed by atoms with Crippen LogP contribution in [0.15, 0.2) is 25.3 Å². The number of nitrogens with zero attached hydrogens (tertiary/aromatic N) is 3. The maximum absolute atomic E-state index is 14.6. The highest BCUT2D eigenvalue weighted by Gasteiger charge is 2.74. The van der Waals surface area contributed by atoms with Crippen LogP contribution >= 0.6 is 11.8 Å². The molecule has 3 saturated heterocycles. The largest absolute Gasteiger partial charge is 0.394 e. The number of hydrogen-bond donors (Lipinski definition) is 1. The van der Waals surface area contributed by atoms with Gasteiger partial charge in [-0.3, -0.25) is 14.4 Å². The summed E-state index contributed by atoms with van der Waals surface area (Å²) >= 11 is 1.70. The monoisotopic (exact) mass is 547 g/mol. The molecule has 0 aliphatic carbocycles. The Morgan fingerprint density at radius 2 is 1.84 bits per heavy atom. The molecule has 214 valence electrons. The summed E-state index contributed by atoms with van der Waals surface area (Å²) in [5.41, 5.74) is 0. The Morgan fingerprint density at radius 1 is 1.16 bits per heavy atom. The lowest BCUT2D eigenvalue weighted by atomic mass is 9.70. The van der Waals surface area contributed by atoms with E-state index in [2.05, 4.69) is 27.0 Å². The molecule has 38 heavy (non-hydrogen) atoms. The number of rotatable bonds is 15. The third-order valence-corrected chi connectivity index (χ3v) is 11.1. The van der Waals surface area contributed by atoms with Crippen molar-refractivity contribution in [2.24, 2.45) is 17.8 Å². The number of likely N-dealkylation sites (tertiary alicyclic amines) is 1. The number of amides is 3. The molecule has 3 unspecified atom stereocenters. The molecule has 0 radical (unpaired) electrons. The fourth-order valence-electron chi connectivity index (χ4n) is 7.11. The van der Waals surface area contributed by atoms with E-state index < -0.39 is 28.7 Å². The number of aliphatic hydroxyl groups excluding tert-OH is 1. The number of aliphatic hydroxyl groups is 1. The molecule has 7 nitrogen and oxygen atoms in total. The average Bonchev–Trinajstić information content (AvgIpc) is 3.54. The minimum Gasteiger partial charge on any atom is -0.394 e. The van der Waals surface area contributed by atoms with E-state index in [4.69, 9.17) is 0 Å². The first-order valence-corrected chi connectivity index (χ1v) is 15.5. The molecule has 1 spiro atoms. The molecule has 0 aromatic rings. The average molecular weight is 548 g/mol. The standard InChI is InChI=1S/C30H49N3O4S/c1-8-13-21(7)32(18-11-4)29(37)26-30-15-14-23(38-30)24(27(35)31(16-9-2)17-10-3)25(30)28(36)33(26)22(19-34)20(6)12-5/h9,11,20-26,34H,2,4,8,10,12-19H2,1,3,5-7H3/t20-,21?,22-,23-,24+,25-,26?,30?/m0/s1. The van der Waals surface area contributed by atoms with Crippen LogP contribution in [0.4, 0.5) is 0 Å². The highest BCUT2D eigenvalue weighted by atomic mass is 32.2. The lowest BCUT2D eigenvalue weighted by Gasteiger charge is -2.42. The van der Waals surface area contributed by atoms with Crippen molar-refractivity contribution < 1.29 is 19.5 Å². The SMILES string of the molecule is C=CCN(CCC)C(=O)[C@@H]1[C@@H]2CCC3(S2)C(C(=O)N(CC=C)C(C)CCC)N([C@@H](CO)[C@@H](C)CC)C(=O)[C@H]13. The van der Waals surface area contributed by atoms with E-state index in [1.54, 1.807) is 28.8 Å². The molecule has 0 saturated carbocycles. The van der Waals surface area contributed by atoms with Crippen LogP contribution in [0.5, 0.6) is 0 Å². The summed E-state index contributed by atoms with van der Waals surface area (Å²) in [6.45, 7) is 19.3. The van der Waals surface area contributed by atoms with Crippen LogP contribution in [0, 0.1) is 17.8 Å². The van der Waals surface area contributed by atoms with Gasteiger partial charge in [-0.1, -0.05) is 52.7 Å². The number of thioether (sulfide) groups is 1. The van der Waals surface area contributed by atoms with Crippen molar-refractivity contribution in [3.63, 3.8) is 0 Å². The topological polar surface area (TPSA) is 81.2 Å². The summed E-state index contributed by atoms with van der Waals surface area (Å²) in [5.74, 6) is -1.19. The lowest BCUT2D eigenvalue weighted by Crippen LogP contribution is -2.59. The predicted octanol–water partition coefficient (Wildman–Crippen LogP) is 4.11. The Labute approximate surface area is 234 Å². The van der Waals surface area contributed by atoms with Gasteiger partial charge >= 0.3 is 0 Å². The molecular formula is C30H49N3O4S. The van der Waals surface area contributed by atoms with Gasteiger partial charge in [0.15, 0.2) is 0 Å². The molecule has 3 heterocycles. The van der Waals surface area contributed by atoms with Crippen LogP contribution < -0.4 is 0 Å². The molecule has 8 atom stereocenters. The third-order valence-electron chi connectivity index (χ3n) is 9.10. The first-order valence-electron chi connectivity index (χ1n) is 14.6. The molecule has 8 heteroatoms. The normalized spacial score (nSPS) is 30.1. The van der Waals surface area contributed by atoms with Crippen molar-refractivity contribution in [1.82, 2.24) is 14.7 Å². The quantitative estimate of drug-likeness (QED) is 0.312. The maximum atomic E-state index is 14.6. The Kier molecular flexibility index (Phi) is 10.5. The van der Waals surface area contributed by atoms with E-state index in [9.17, 15) is 19.5 Å². The summed E-state index contributed by atoms with van der Waals surface area (Å²) in [7, 11) is 0. The van der Waals surface area contributed by atoms with Crippen molar-refractivity contribution in [1.29, 1.82) is 0 Å². The van der Waals surface area contributed by atoms with Crippen molar-refractivity contribution >= 4 is 29.5 Å². The molecular weight excluding hydrogens is 498 g/mol. The molecule has 0 aromatic carbocycles. The van der Waals surface area contributed by atoms with Crippen molar-refractivity contribution in [2.45, 2.75) is 101 Å².